The Bertz CT molecular complexity index is 647. The third-order valence-electron chi connectivity index (χ3n) is 5.98. The van der Waals surface area contributed by atoms with Gasteiger partial charge in [-0.05, 0) is 50.1 Å². The van der Waals surface area contributed by atoms with Crippen LogP contribution in [0.4, 0.5) is 11.4 Å². The van der Waals surface area contributed by atoms with Crippen LogP contribution in [-0.2, 0) is 9.59 Å². The zero-order chi connectivity index (χ0) is 19.9. The van der Waals surface area contributed by atoms with Crippen molar-refractivity contribution in [2.75, 3.05) is 62.2 Å². The lowest BCUT2D eigenvalue weighted by atomic mass is 10.1. The number of piperazine rings is 1. The first-order valence-corrected chi connectivity index (χ1v) is 10.7. The smallest absolute Gasteiger partial charge is 0.224 e. The van der Waals surface area contributed by atoms with Gasteiger partial charge in [-0.15, -0.1) is 0 Å². The third kappa shape index (κ3) is 5.25. The number of hydrogen-bond acceptors (Lipinski definition) is 4. The van der Waals surface area contributed by atoms with Gasteiger partial charge in [-0.1, -0.05) is 6.92 Å². The van der Waals surface area contributed by atoms with Crippen LogP contribution in [0.2, 0.25) is 0 Å². The van der Waals surface area contributed by atoms with E-state index in [9.17, 15) is 9.59 Å². The van der Waals surface area contributed by atoms with Gasteiger partial charge in [0.05, 0.1) is 0 Å². The Morgan fingerprint density at radius 3 is 2.14 bits per heavy atom. The highest BCUT2D eigenvalue weighted by Gasteiger charge is 2.21. The van der Waals surface area contributed by atoms with Gasteiger partial charge in [0, 0.05) is 70.5 Å². The van der Waals surface area contributed by atoms with Crippen molar-refractivity contribution in [2.24, 2.45) is 0 Å². The second kappa shape index (κ2) is 9.92. The van der Waals surface area contributed by atoms with Crippen molar-refractivity contribution in [2.45, 2.75) is 39.5 Å². The molecular weight excluding hydrogens is 352 g/mol. The fourth-order valence-electron chi connectivity index (χ4n) is 4.14. The van der Waals surface area contributed by atoms with Gasteiger partial charge in [0.25, 0.3) is 0 Å². The lowest BCUT2D eigenvalue weighted by Gasteiger charge is -2.34. The maximum atomic E-state index is 12.6. The van der Waals surface area contributed by atoms with Crippen LogP contribution < -0.4 is 9.80 Å². The van der Waals surface area contributed by atoms with Crippen LogP contribution in [0.3, 0.4) is 0 Å². The van der Waals surface area contributed by atoms with Crippen molar-refractivity contribution in [3.63, 3.8) is 0 Å². The number of hydrogen-bond donors (Lipinski definition) is 0. The molecule has 2 fully saturated rings. The molecule has 6 nitrogen and oxygen atoms in total. The molecular formula is C22H34N4O2. The van der Waals surface area contributed by atoms with Crippen molar-refractivity contribution in [1.29, 1.82) is 0 Å². The van der Waals surface area contributed by atoms with E-state index in [2.05, 4.69) is 28.9 Å². The van der Waals surface area contributed by atoms with Crippen LogP contribution in [0.5, 0.6) is 0 Å². The van der Waals surface area contributed by atoms with Crippen molar-refractivity contribution >= 4 is 23.2 Å². The highest BCUT2D eigenvalue weighted by molar-refractivity contribution is 5.92. The second-order valence-electron chi connectivity index (χ2n) is 7.80. The fraction of sp³-hybridized carbons (Fsp3) is 0.636. The van der Waals surface area contributed by atoms with Gasteiger partial charge in [-0.2, -0.15) is 0 Å². The Labute approximate surface area is 169 Å². The van der Waals surface area contributed by atoms with Gasteiger partial charge in [0.15, 0.2) is 0 Å². The van der Waals surface area contributed by atoms with Gasteiger partial charge in [0.2, 0.25) is 11.8 Å². The summed E-state index contributed by atoms with van der Waals surface area (Å²) in [5.41, 5.74) is 2.09. The molecule has 2 aliphatic heterocycles. The summed E-state index contributed by atoms with van der Waals surface area (Å²) in [6.45, 7) is 10.9. The van der Waals surface area contributed by atoms with E-state index in [1.165, 1.54) is 24.9 Å². The van der Waals surface area contributed by atoms with Crippen LogP contribution in [-0.4, -0.2) is 74.0 Å². The molecule has 2 amide bonds. The first kappa shape index (κ1) is 20.6. The van der Waals surface area contributed by atoms with Crippen LogP contribution in [0.15, 0.2) is 24.3 Å². The summed E-state index contributed by atoms with van der Waals surface area (Å²) in [5.74, 6) is 0.126. The van der Waals surface area contributed by atoms with E-state index in [0.29, 0.717) is 13.0 Å². The van der Waals surface area contributed by atoms with Crippen molar-refractivity contribution in [3.05, 3.63) is 24.3 Å². The molecule has 0 saturated carbocycles. The summed E-state index contributed by atoms with van der Waals surface area (Å²) in [5, 5.41) is 0. The van der Waals surface area contributed by atoms with Crippen LogP contribution >= 0.6 is 0 Å². The third-order valence-corrected chi connectivity index (χ3v) is 5.98. The van der Waals surface area contributed by atoms with Crippen molar-refractivity contribution in [1.82, 2.24) is 9.80 Å². The maximum absolute atomic E-state index is 12.6. The summed E-state index contributed by atoms with van der Waals surface area (Å²) < 4.78 is 0. The van der Waals surface area contributed by atoms with E-state index in [0.717, 1.165) is 51.5 Å². The van der Waals surface area contributed by atoms with E-state index in [-0.39, 0.29) is 11.8 Å². The molecule has 1 aromatic carbocycles. The molecule has 0 aliphatic carbocycles. The lowest BCUT2D eigenvalue weighted by molar-refractivity contribution is -0.132. The predicted molar refractivity (Wildman–Crippen MR) is 114 cm³/mol. The summed E-state index contributed by atoms with van der Waals surface area (Å²) >= 11 is 0. The number of carbonyl (C=O) groups is 2. The van der Waals surface area contributed by atoms with Gasteiger partial charge < -0.3 is 19.6 Å². The van der Waals surface area contributed by atoms with Crippen LogP contribution in [0, 0.1) is 0 Å². The molecule has 2 aliphatic rings. The molecule has 2 heterocycles. The van der Waals surface area contributed by atoms with Crippen molar-refractivity contribution < 1.29 is 9.59 Å². The molecule has 3 rings (SSSR count). The second-order valence-corrected chi connectivity index (χ2v) is 7.80. The van der Waals surface area contributed by atoms with E-state index in [1.807, 2.05) is 17.0 Å². The molecule has 0 aromatic heterocycles. The molecule has 0 bridgehead atoms. The number of amides is 2. The number of nitrogens with zero attached hydrogens (tertiary/aromatic N) is 4. The standard InChI is InChI=1S/C22H34N4O2/c1-3-23-15-17-25(18-16-23)22(28)11-14-26(19(2)27)21-9-7-20(8-10-21)24-12-5-4-6-13-24/h7-10H,3-6,11-18H2,1-2H3. The van der Waals surface area contributed by atoms with E-state index in [4.69, 9.17) is 0 Å². The summed E-state index contributed by atoms with van der Waals surface area (Å²) in [4.78, 5) is 33.2. The molecule has 0 N–H and O–H groups in total. The van der Waals surface area contributed by atoms with Crippen LogP contribution in [0.25, 0.3) is 0 Å². The molecule has 0 radical (unpaired) electrons. The quantitative estimate of drug-likeness (QED) is 0.754. The lowest BCUT2D eigenvalue weighted by Crippen LogP contribution is -2.49. The number of rotatable bonds is 6. The van der Waals surface area contributed by atoms with Gasteiger partial charge in [-0.3, -0.25) is 9.59 Å². The number of anilines is 2. The molecule has 2 saturated heterocycles. The number of benzene rings is 1. The Hall–Kier alpha value is -2.08. The minimum absolute atomic E-state index is 0.0191. The first-order chi connectivity index (χ1) is 13.6. The van der Waals surface area contributed by atoms with E-state index >= 15 is 0 Å². The molecule has 6 heteroatoms. The maximum Gasteiger partial charge on any atom is 0.224 e. The monoisotopic (exact) mass is 386 g/mol. The highest BCUT2D eigenvalue weighted by Crippen LogP contribution is 2.24. The molecule has 1 aromatic rings. The van der Waals surface area contributed by atoms with Crippen molar-refractivity contribution in [3.8, 4) is 0 Å². The average Bonchev–Trinajstić information content (AvgIpc) is 2.74. The average molecular weight is 387 g/mol. The minimum atomic E-state index is -0.0191. The Kier molecular flexibility index (Phi) is 7.31. The molecule has 0 spiro atoms. The Morgan fingerprint density at radius 1 is 0.929 bits per heavy atom. The normalized spacial score (nSPS) is 18.2. The Balaban J connectivity index is 1.56. The molecule has 28 heavy (non-hydrogen) atoms. The van der Waals surface area contributed by atoms with E-state index in [1.54, 1.807) is 11.8 Å². The minimum Gasteiger partial charge on any atom is -0.372 e. The number of likely N-dealkylation sites (N-methyl/N-ethyl adjacent to an activating group) is 1. The fourth-order valence-corrected chi connectivity index (χ4v) is 4.14. The van der Waals surface area contributed by atoms with Gasteiger partial charge in [0.1, 0.15) is 0 Å². The largest absolute Gasteiger partial charge is 0.372 e. The van der Waals surface area contributed by atoms with Gasteiger partial charge in [-0.25, -0.2) is 0 Å². The van der Waals surface area contributed by atoms with Gasteiger partial charge >= 0.3 is 0 Å². The number of carbonyl (C=O) groups excluding carboxylic acids is 2. The molecule has 0 unspecified atom stereocenters. The predicted octanol–water partition coefficient (Wildman–Crippen LogP) is 2.58. The first-order valence-electron chi connectivity index (χ1n) is 10.7. The zero-order valence-electron chi connectivity index (χ0n) is 17.4. The molecule has 0 atom stereocenters. The summed E-state index contributed by atoms with van der Waals surface area (Å²) in [7, 11) is 0. The SMILES string of the molecule is CCN1CCN(C(=O)CCN(C(C)=O)c2ccc(N3CCCCC3)cc2)CC1. The highest BCUT2D eigenvalue weighted by atomic mass is 16.2. The summed E-state index contributed by atoms with van der Waals surface area (Å²) in [6.07, 6.45) is 4.18. The topological polar surface area (TPSA) is 47.1 Å². The molecule has 154 valence electrons. The Morgan fingerprint density at radius 2 is 1.57 bits per heavy atom. The van der Waals surface area contributed by atoms with E-state index < -0.39 is 0 Å². The number of piperidine rings is 1. The zero-order valence-corrected chi connectivity index (χ0v) is 17.4. The van der Waals surface area contributed by atoms with Crippen LogP contribution in [0.1, 0.15) is 39.5 Å². The summed E-state index contributed by atoms with van der Waals surface area (Å²) in [6, 6.07) is 8.22.